The fourth-order valence-electron chi connectivity index (χ4n) is 3.93. The van der Waals surface area contributed by atoms with Crippen LogP contribution in [0.25, 0.3) is 0 Å². The Morgan fingerprint density at radius 1 is 1.00 bits per heavy atom. The summed E-state index contributed by atoms with van der Waals surface area (Å²) in [5.41, 5.74) is 3.93. The van der Waals surface area contributed by atoms with Gasteiger partial charge in [-0.15, -0.1) is 11.3 Å². The highest BCUT2D eigenvalue weighted by molar-refractivity contribution is 7.18. The van der Waals surface area contributed by atoms with Crippen molar-refractivity contribution in [1.29, 1.82) is 0 Å². The zero-order valence-electron chi connectivity index (χ0n) is 18.6. The van der Waals surface area contributed by atoms with E-state index in [1.165, 1.54) is 23.3 Å². The Bertz CT molecular complexity index is 1100. The zero-order valence-corrected chi connectivity index (χ0v) is 19.4. The summed E-state index contributed by atoms with van der Waals surface area (Å²) >= 11 is 1.25. The molecule has 0 spiro atoms. The van der Waals surface area contributed by atoms with Crippen molar-refractivity contribution in [2.75, 3.05) is 48.3 Å². The third-order valence-corrected chi connectivity index (χ3v) is 6.87. The van der Waals surface area contributed by atoms with Gasteiger partial charge in [0.05, 0.1) is 16.1 Å². The van der Waals surface area contributed by atoms with Gasteiger partial charge in [0.15, 0.2) is 5.76 Å². The molecule has 1 aliphatic rings. The van der Waals surface area contributed by atoms with Crippen LogP contribution in [0.2, 0.25) is 0 Å². The molecule has 4 rings (SSSR count). The van der Waals surface area contributed by atoms with Crippen LogP contribution in [-0.4, -0.2) is 49.4 Å². The number of nitrogens with zero attached hydrogens (tertiary/aromatic N) is 2. The first kappa shape index (κ1) is 22.1. The van der Waals surface area contributed by atoms with Crippen LogP contribution >= 0.6 is 11.3 Å². The number of hydrogen-bond donors (Lipinski definition) is 2. The Labute approximate surface area is 192 Å². The third kappa shape index (κ3) is 4.87. The van der Waals surface area contributed by atoms with Gasteiger partial charge in [-0.3, -0.25) is 9.59 Å². The van der Waals surface area contributed by atoms with Crippen molar-refractivity contribution in [2.24, 2.45) is 0 Å². The van der Waals surface area contributed by atoms with Gasteiger partial charge >= 0.3 is 0 Å². The fourth-order valence-corrected chi connectivity index (χ4v) is 4.89. The second kappa shape index (κ2) is 9.58. The molecule has 2 N–H and O–H groups in total. The molecule has 0 unspecified atom stereocenters. The fraction of sp³-hybridized carbons (Fsp3) is 0.333. The first-order valence-electron chi connectivity index (χ1n) is 10.8. The van der Waals surface area contributed by atoms with Gasteiger partial charge in [-0.25, -0.2) is 0 Å². The van der Waals surface area contributed by atoms with E-state index in [1.807, 2.05) is 19.1 Å². The summed E-state index contributed by atoms with van der Waals surface area (Å²) in [5.74, 6) is -0.294. The number of amides is 2. The van der Waals surface area contributed by atoms with Crippen molar-refractivity contribution >= 4 is 39.5 Å². The number of hydrogen-bond acceptors (Lipinski definition) is 6. The van der Waals surface area contributed by atoms with Crippen LogP contribution in [0.1, 0.15) is 38.3 Å². The normalized spacial score (nSPS) is 14.4. The molecule has 1 aromatic carbocycles. The standard InChI is InChI=1S/C24H28N4O3S/c1-4-27-9-11-28(12-10-27)19-8-7-18(14-16(19)2)25-24(30)22-17(3)15-21(32-22)26-23(29)20-6-5-13-31-20/h5-8,13-15H,4,9-12H2,1-3H3,(H,25,30)(H,26,29). The molecule has 0 aliphatic carbocycles. The Hall–Kier alpha value is -3.10. The Morgan fingerprint density at radius 2 is 1.78 bits per heavy atom. The number of benzene rings is 1. The molecule has 0 saturated carbocycles. The summed E-state index contributed by atoms with van der Waals surface area (Å²) < 4.78 is 5.11. The predicted molar refractivity (Wildman–Crippen MR) is 129 cm³/mol. The Kier molecular flexibility index (Phi) is 6.62. The van der Waals surface area contributed by atoms with Crippen LogP contribution in [0.15, 0.2) is 47.1 Å². The van der Waals surface area contributed by atoms with Crippen LogP contribution in [0, 0.1) is 13.8 Å². The van der Waals surface area contributed by atoms with Crippen LogP contribution < -0.4 is 15.5 Å². The number of nitrogens with one attached hydrogen (secondary N) is 2. The van der Waals surface area contributed by atoms with Gasteiger partial charge in [-0.2, -0.15) is 0 Å². The van der Waals surface area contributed by atoms with Crippen molar-refractivity contribution in [1.82, 2.24) is 4.90 Å². The molecule has 2 amide bonds. The van der Waals surface area contributed by atoms with E-state index in [4.69, 9.17) is 4.42 Å². The van der Waals surface area contributed by atoms with Gasteiger partial charge in [0.2, 0.25) is 0 Å². The van der Waals surface area contributed by atoms with Crippen molar-refractivity contribution < 1.29 is 14.0 Å². The number of rotatable bonds is 6. The predicted octanol–water partition coefficient (Wildman–Crippen LogP) is 4.60. The van der Waals surface area contributed by atoms with Gasteiger partial charge < -0.3 is 24.9 Å². The smallest absolute Gasteiger partial charge is 0.291 e. The SMILES string of the molecule is CCN1CCN(c2ccc(NC(=O)c3sc(NC(=O)c4ccco4)cc3C)cc2C)CC1. The zero-order chi connectivity index (χ0) is 22.7. The van der Waals surface area contributed by atoms with E-state index >= 15 is 0 Å². The molecule has 0 atom stereocenters. The maximum absolute atomic E-state index is 12.9. The molecule has 2 aromatic heterocycles. The van der Waals surface area contributed by atoms with Crippen LogP contribution in [-0.2, 0) is 0 Å². The van der Waals surface area contributed by atoms with E-state index in [0.29, 0.717) is 9.88 Å². The maximum Gasteiger partial charge on any atom is 0.291 e. The molecule has 8 heteroatoms. The summed E-state index contributed by atoms with van der Waals surface area (Å²) in [7, 11) is 0. The van der Waals surface area contributed by atoms with Crippen molar-refractivity contribution in [2.45, 2.75) is 20.8 Å². The van der Waals surface area contributed by atoms with Gasteiger partial charge in [0, 0.05) is 37.6 Å². The Balaban J connectivity index is 1.41. The van der Waals surface area contributed by atoms with Crippen molar-refractivity contribution in [3.8, 4) is 0 Å². The van der Waals surface area contributed by atoms with Gasteiger partial charge in [0.25, 0.3) is 11.8 Å². The Morgan fingerprint density at radius 3 is 2.44 bits per heavy atom. The topological polar surface area (TPSA) is 77.8 Å². The molecule has 1 saturated heterocycles. The summed E-state index contributed by atoms with van der Waals surface area (Å²) in [4.78, 5) is 30.5. The van der Waals surface area contributed by atoms with Crippen molar-refractivity contribution in [3.63, 3.8) is 0 Å². The lowest BCUT2D eigenvalue weighted by molar-refractivity contribution is 0.0995. The van der Waals surface area contributed by atoms with Gasteiger partial charge in [-0.05, 0) is 67.9 Å². The summed E-state index contributed by atoms with van der Waals surface area (Å²) in [6.07, 6.45) is 1.45. The number of furan rings is 1. The molecule has 3 heterocycles. The van der Waals surface area contributed by atoms with Crippen molar-refractivity contribution in [3.05, 3.63) is 64.4 Å². The molecule has 32 heavy (non-hydrogen) atoms. The number of thiophene rings is 1. The highest BCUT2D eigenvalue weighted by Gasteiger charge is 2.19. The number of carbonyl (C=O) groups excluding carboxylic acids is 2. The number of anilines is 3. The summed E-state index contributed by atoms with van der Waals surface area (Å²) in [6, 6.07) is 11.1. The highest BCUT2D eigenvalue weighted by Crippen LogP contribution is 2.29. The average Bonchev–Trinajstić information content (AvgIpc) is 3.44. The largest absolute Gasteiger partial charge is 0.459 e. The molecule has 3 aromatic rings. The van der Waals surface area contributed by atoms with Gasteiger partial charge in [0.1, 0.15) is 0 Å². The van der Waals surface area contributed by atoms with E-state index in [2.05, 4.69) is 40.3 Å². The van der Waals surface area contributed by atoms with Gasteiger partial charge in [-0.1, -0.05) is 6.92 Å². The average molecular weight is 453 g/mol. The lowest BCUT2D eigenvalue weighted by Gasteiger charge is -2.36. The van der Waals surface area contributed by atoms with E-state index < -0.39 is 0 Å². The number of piperazine rings is 1. The maximum atomic E-state index is 12.9. The summed E-state index contributed by atoms with van der Waals surface area (Å²) in [5, 5.41) is 6.38. The minimum Gasteiger partial charge on any atom is -0.459 e. The first-order valence-corrected chi connectivity index (χ1v) is 11.6. The lowest BCUT2D eigenvalue weighted by Crippen LogP contribution is -2.46. The molecular weight excluding hydrogens is 424 g/mol. The molecule has 7 nitrogen and oxygen atoms in total. The monoisotopic (exact) mass is 452 g/mol. The quantitative estimate of drug-likeness (QED) is 0.571. The van der Waals surface area contributed by atoms with E-state index in [0.717, 1.165) is 49.5 Å². The minimum atomic E-state index is -0.339. The van der Waals surface area contributed by atoms with E-state index in [1.54, 1.807) is 18.2 Å². The minimum absolute atomic E-state index is 0.185. The second-order valence-corrected chi connectivity index (χ2v) is 8.98. The number of carbonyl (C=O) groups is 2. The number of aryl methyl sites for hydroxylation is 2. The molecule has 1 aliphatic heterocycles. The lowest BCUT2D eigenvalue weighted by atomic mass is 10.1. The molecule has 0 radical (unpaired) electrons. The van der Waals surface area contributed by atoms with Crippen LogP contribution in [0.3, 0.4) is 0 Å². The molecular formula is C24H28N4O3S. The third-order valence-electron chi connectivity index (χ3n) is 5.72. The molecule has 1 fully saturated rings. The van der Waals surface area contributed by atoms with Crippen LogP contribution in [0.4, 0.5) is 16.4 Å². The summed E-state index contributed by atoms with van der Waals surface area (Å²) in [6.45, 7) is 11.4. The second-order valence-electron chi connectivity index (χ2n) is 7.93. The van der Waals surface area contributed by atoms with E-state index in [9.17, 15) is 9.59 Å². The number of likely N-dealkylation sites (N-methyl/N-ethyl adjacent to an activating group) is 1. The molecule has 0 bridgehead atoms. The first-order chi connectivity index (χ1) is 15.4. The van der Waals surface area contributed by atoms with Crippen LogP contribution in [0.5, 0.6) is 0 Å². The van der Waals surface area contributed by atoms with E-state index in [-0.39, 0.29) is 17.6 Å². The highest BCUT2D eigenvalue weighted by atomic mass is 32.1. The molecule has 168 valence electrons.